The van der Waals surface area contributed by atoms with Crippen LogP contribution in [0.25, 0.3) is 0 Å². The van der Waals surface area contributed by atoms with E-state index in [0.29, 0.717) is 39.1 Å². The average Bonchev–Trinajstić information content (AvgIpc) is 2.82. The van der Waals surface area contributed by atoms with E-state index >= 15 is 0 Å². The predicted octanol–water partition coefficient (Wildman–Crippen LogP) is 1.87. The summed E-state index contributed by atoms with van der Waals surface area (Å²) in [7, 11) is 3.64. The highest BCUT2D eigenvalue weighted by atomic mass is 19.1. The van der Waals surface area contributed by atoms with E-state index in [0.717, 1.165) is 17.2 Å². The van der Waals surface area contributed by atoms with Crippen LogP contribution in [0.5, 0.6) is 0 Å². The third kappa shape index (κ3) is 12.5. The Morgan fingerprint density at radius 3 is 2.62 bits per heavy atom. The molecule has 0 radical (unpaired) electrons. The molecular weight excluding hydrogens is 437 g/mol. The Bertz CT molecular complexity index is 816. The lowest BCUT2D eigenvalue weighted by atomic mass is 10.2. The highest BCUT2D eigenvalue weighted by Crippen LogP contribution is 2.02. The van der Waals surface area contributed by atoms with Crippen LogP contribution in [0.4, 0.5) is 4.39 Å². The van der Waals surface area contributed by atoms with Crippen LogP contribution in [0.2, 0.25) is 0 Å². The Morgan fingerprint density at radius 2 is 1.97 bits per heavy atom. The van der Waals surface area contributed by atoms with E-state index in [2.05, 4.69) is 12.0 Å². The van der Waals surface area contributed by atoms with Gasteiger partial charge < -0.3 is 25.1 Å². The minimum Gasteiger partial charge on any atom is -0.376 e. The van der Waals surface area contributed by atoms with E-state index in [9.17, 15) is 14.0 Å². The third-order valence-corrected chi connectivity index (χ3v) is 4.93. The number of allylic oxidation sites excluding steroid dienone is 4. The lowest BCUT2D eigenvalue weighted by molar-refractivity contribution is -0.137. The molecule has 0 saturated heterocycles. The first-order chi connectivity index (χ1) is 16.3. The summed E-state index contributed by atoms with van der Waals surface area (Å²) in [6.45, 7) is 7.57. The molecule has 1 atom stereocenters. The molecule has 1 aromatic carbocycles. The van der Waals surface area contributed by atoms with Crippen LogP contribution in [-0.2, 0) is 20.9 Å². The minimum atomic E-state index is -0.640. The number of nitrogens with one attached hydrogen (secondary N) is 1. The van der Waals surface area contributed by atoms with E-state index in [4.69, 9.17) is 10.5 Å². The largest absolute Gasteiger partial charge is 0.376 e. The number of carbonyl (C=O) groups is 2. The summed E-state index contributed by atoms with van der Waals surface area (Å²) in [5, 5.41) is 1.68. The van der Waals surface area contributed by atoms with E-state index in [1.54, 1.807) is 18.1 Å². The maximum Gasteiger partial charge on any atom is 0.239 e. The fourth-order valence-corrected chi connectivity index (χ4v) is 2.97. The molecule has 0 fully saturated rings. The van der Waals surface area contributed by atoms with Gasteiger partial charge in [0.2, 0.25) is 5.91 Å². The molecule has 8 nitrogen and oxygen atoms in total. The Labute approximate surface area is 202 Å². The van der Waals surface area contributed by atoms with Crippen LogP contribution < -0.4 is 11.2 Å². The van der Waals surface area contributed by atoms with Gasteiger partial charge in [0.05, 0.1) is 32.5 Å². The fraction of sp³-hybridized carbons (Fsp3) is 0.440. The van der Waals surface area contributed by atoms with Gasteiger partial charge in [0.1, 0.15) is 12.1 Å². The van der Waals surface area contributed by atoms with Crippen molar-refractivity contribution in [2.45, 2.75) is 19.6 Å². The Hall–Kier alpha value is -2.69. The monoisotopic (exact) mass is 475 g/mol. The molecule has 188 valence electrons. The second-order valence-electron chi connectivity index (χ2n) is 8.04. The van der Waals surface area contributed by atoms with Crippen LogP contribution in [-0.4, -0.2) is 86.7 Å². The number of halogens is 1. The van der Waals surface area contributed by atoms with Crippen molar-refractivity contribution in [1.29, 1.82) is 0 Å². The van der Waals surface area contributed by atoms with Gasteiger partial charge in [-0.05, 0) is 37.3 Å². The zero-order valence-electron chi connectivity index (χ0n) is 20.5. The molecule has 1 rings (SSSR count). The first-order valence-corrected chi connectivity index (χ1v) is 11.2. The van der Waals surface area contributed by atoms with Gasteiger partial charge in [-0.1, -0.05) is 43.0 Å². The van der Waals surface area contributed by atoms with Gasteiger partial charge in [0, 0.05) is 26.7 Å². The topological polar surface area (TPSA) is 91.1 Å². The third-order valence-electron chi connectivity index (χ3n) is 4.93. The summed E-state index contributed by atoms with van der Waals surface area (Å²) in [4.78, 5) is 27.2. The van der Waals surface area contributed by atoms with E-state index < -0.39 is 12.0 Å². The summed E-state index contributed by atoms with van der Waals surface area (Å²) < 4.78 is 18.7. The molecule has 9 heteroatoms. The number of hydrazine groups is 1. The second kappa shape index (κ2) is 16.9. The minimum absolute atomic E-state index is 0.0738. The van der Waals surface area contributed by atoms with Crippen molar-refractivity contribution in [2.24, 2.45) is 5.73 Å². The number of likely N-dealkylation sites (N-methyl/N-ethyl adjacent to an activating group) is 2. The zero-order chi connectivity index (χ0) is 25.3. The van der Waals surface area contributed by atoms with Crippen molar-refractivity contribution in [3.63, 3.8) is 0 Å². The van der Waals surface area contributed by atoms with Gasteiger partial charge >= 0.3 is 0 Å². The Kier molecular flexibility index (Phi) is 14.5. The number of nitrogens with zero attached hydrogens (tertiary/aromatic N) is 3. The van der Waals surface area contributed by atoms with Crippen LogP contribution in [0.15, 0.2) is 66.5 Å². The molecule has 0 aliphatic heterocycles. The molecule has 1 aromatic rings. The van der Waals surface area contributed by atoms with Crippen molar-refractivity contribution in [1.82, 2.24) is 20.2 Å². The van der Waals surface area contributed by atoms with Crippen LogP contribution in [0.1, 0.15) is 12.5 Å². The van der Waals surface area contributed by atoms with Crippen LogP contribution >= 0.6 is 0 Å². The van der Waals surface area contributed by atoms with Crippen molar-refractivity contribution in [3.05, 3.63) is 72.1 Å². The maximum atomic E-state index is 13.0. The first kappa shape index (κ1) is 29.3. The molecule has 0 bridgehead atoms. The summed E-state index contributed by atoms with van der Waals surface area (Å²) in [5.74, 6) is -0.645. The van der Waals surface area contributed by atoms with Gasteiger partial charge in [0.15, 0.2) is 0 Å². The summed E-state index contributed by atoms with van der Waals surface area (Å²) in [6.07, 6.45) is 4.16. The van der Waals surface area contributed by atoms with Crippen molar-refractivity contribution < 1.29 is 18.7 Å². The van der Waals surface area contributed by atoms with Crippen molar-refractivity contribution >= 4 is 12.2 Å². The molecule has 0 aliphatic rings. The highest BCUT2D eigenvalue weighted by molar-refractivity contribution is 5.80. The summed E-state index contributed by atoms with van der Waals surface area (Å²) in [5.41, 5.74) is 11.4. The lowest BCUT2D eigenvalue weighted by Gasteiger charge is -2.32. The number of nitrogens with two attached hydrogens (primary N) is 1. The summed E-state index contributed by atoms with van der Waals surface area (Å²) in [6, 6.07) is 9.84. The number of benzene rings is 1. The van der Waals surface area contributed by atoms with E-state index in [1.165, 1.54) is 11.0 Å². The van der Waals surface area contributed by atoms with E-state index in [-0.39, 0.29) is 19.0 Å². The Morgan fingerprint density at radius 1 is 1.26 bits per heavy atom. The number of carbonyl (C=O) groups excluding carboxylic acids is 2. The second-order valence-corrected chi connectivity index (χ2v) is 8.04. The van der Waals surface area contributed by atoms with Crippen LogP contribution in [0.3, 0.4) is 0 Å². The molecule has 0 aromatic heterocycles. The van der Waals surface area contributed by atoms with Gasteiger partial charge in [-0.3, -0.25) is 10.2 Å². The SMILES string of the molecule is C=C/C(F)=C\C=C(/C)COCCN(C)CC(N)N(CC=O)C(=O)CN(C)NCc1ccccc1. The number of hydrogen-bond acceptors (Lipinski definition) is 7. The molecule has 3 N–H and O–H groups in total. The molecule has 34 heavy (non-hydrogen) atoms. The normalized spacial score (nSPS) is 13.3. The molecule has 1 amide bonds. The summed E-state index contributed by atoms with van der Waals surface area (Å²) >= 11 is 0. The number of rotatable bonds is 17. The number of ether oxygens (including phenoxy) is 1. The van der Waals surface area contributed by atoms with Crippen molar-refractivity contribution in [3.8, 4) is 0 Å². The Balaban J connectivity index is 2.43. The molecule has 0 aliphatic carbocycles. The van der Waals surface area contributed by atoms with Gasteiger partial charge in [0.25, 0.3) is 0 Å². The van der Waals surface area contributed by atoms with Crippen LogP contribution in [0, 0.1) is 0 Å². The van der Waals surface area contributed by atoms with Gasteiger partial charge in [-0.25, -0.2) is 9.40 Å². The number of amides is 1. The van der Waals surface area contributed by atoms with Crippen molar-refractivity contribution in [2.75, 3.05) is 53.5 Å². The quantitative estimate of drug-likeness (QED) is 0.117. The molecule has 0 spiro atoms. The highest BCUT2D eigenvalue weighted by Gasteiger charge is 2.22. The molecule has 0 heterocycles. The van der Waals surface area contributed by atoms with E-state index in [1.807, 2.05) is 49.2 Å². The maximum absolute atomic E-state index is 13.0. The first-order valence-electron chi connectivity index (χ1n) is 11.2. The standard InChI is InChI=1S/C25H38FN5O3/c1-5-23(26)12-11-21(2)20-34-16-14-29(3)18-24(27)31(13-15-32)25(33)19-30(4)28-17-22-9-7-6-8-10-22/h5-12,15,24,28H,1,13-14,16-20,27H2,2-4H3/b21-11+,23-12+. The lowest BCUT2D eigenvalue weighted by Crippen LogP contribution is -2.55. The molecular formula is C25H38FN5O3. The molecule has 0 saturated carbocycles. The fourth-order valence-electron chi connectivity index (χ4n) is 2.97. The number of hydrogen-bond donors (Lipinski definition) is 2. The van der Waals surface area contributed by atoms with Gasteiger partial charge in [-0.2, -0.15) is 0 Å². The zero-order valence-corrected chi connectivity index (χ0v) is 20.5. The predicted molar refractivity (Wildman–Crippen MR) is 133 cm³/mol. The molecule has 1 unspecified atom stereocenters. The number of aldehydes is 1. The average molecular weight is 476 g/mol. The smallest absolute Gasteiger partial charge is 0.239 e. The van der Waals surface area contributed by atoms with Gasteiger partial charge in [-0.15, -0.1) is 0 Å².